The Labute approximate surface area is 392 Å². The number of nitriles is 3. The molecule has 0 N–H and O–H groups in total. The molecular weight excluding hydrogens is 876 g/mol. The van der Waals surface area contributed by atoms with Gasteiger partial charge in [-0.2, -0.15) is 15.8 Å². The lowest BCUT2D eigenvalue weighted by atomic mass is 9.84. The summed E-state index contributed by atoms with van der Waals surface area (Å²) >= 11 is 0. The highest BCUT2D eigenvalue weighted by molar-refractivity contribution is 7.41. The van der Waals surface area contributed by atoms with Crippen LogP contribution < -0.4 is 14.2 Å². The minimum atomic E-state index is -2.44. The Morgan fingerprint density at radius 1 is 0.552 bits per heavy atom. The van der Waals surface area contributed by atoms with Gasteiger partial charge in [0.15, 0.2) is 0 Å². The Balaban J connectivity index is 1.08. The van der Waals surface area contributed by atoms with Gasteiger partial charge in [0.25, 0.3) is 0 Å². The fraction of sp³-hybridized carbons (Fsp3) is 0.520. The van der Waals surface area contributed by atoms with Gasteiger partial charge in [0.2, 0.25) is 17.7 Å². The summed E-state index contributed by atoms with van der Waals surface area (Å²) in [5, 5.41) is 29.8. The number of likely N-dealkylation sites (tertiary alicyclic amines) is 3. The van der Waals surface area contributed by atoms with Crippen molar-refractivity contribution in [3.05, 3.63) is 88.0 Å². The Morgan fingerprint density at radius 3 is 1.22 bits per heavy atom. The van der Waals surface area contributed by atoms with Crippen molar-refractivity contribution in [2.45, 2.75) is 133 Å². The van der Waals surface area contributed by atoms with Gasteiger partial charge in [0, 0.05) is 55.6 Å². The zero-order valence-electron chi connectivity index (χ0n) is 38.7. The number of hydrogen-bond donors (Lipinski definition) is 0. The topological polar surface area (TPSA) is 197 Å². The number of fused-ring (bicyclic) bond motifs is 3. The lowest BCUT2D eigenvalue weighted by molar-refractivity contribution is -0.151. The van der Waals surface area contributed by atoms with Crippen LogP contribution in [0.4, 0.5) is 0 Å². The highest BCUT2D eigenvalue weighted by atomic mass is 31.2. The predicted octanol–water partition coefficient (Wildman–Crippen LogP) is 7.60. The smallest absolute Gasteiger partial charge is 0.333 e. The van der Waals surface area contributed by atoms with Gasteiger partial charge < -0.3 is 47.2 Å². The van der Waals surface area contributed by atoms with E-state index in [-0.39, 0.29) is 30.9 Å². The summed E-state index contributed by atoms with van der Waals surface area (Å²) in [4.78, 5) is 46.2. The largest absolute Gasteiger partial charge is 0.485 e. The van der Waals surface area contributed by atoms with E-state index in [1.54, 1.807) is 64.4 Å². The van der Waals surface area contributed by atoms with Crippen LogP contribution in [0.3, 0.4) is 0 Å². The number of ether oxygens (including phenoxy) is 4. The first kappa shape index (κ1) is 46.3. The quantitative estimate of drug-likeness (QED) is 0.127. The highest BCUT2D eigenvalue weighted by Crippen LogP contribution is 2.57. The van der Waals surface area contributed by atoms with E-state index in [9.17, 15) is 30.2 Å². The molecule has 0 spiro atoms. The van der Waals surface area contributed by atoms with Gasteiger partial charge in [-0.1, -0.05) is 0 Å². The first-order valence-corrected chi connectivity index (χ1v) is 24.1. The Morgan fingerprint density at radius 2 is 0.896 bits per heavy atom. The zero-order chi connectivity index (χ0) is 47.4. The van der Waals surface area contributed by atoms with E-state index < -0.39 is 61.8 Å². The molecule has 3 fully saturated rings. The first-order valence-electron chi connectivity index (χ1n) is 23.0. The Kier molecular flexibility index (Phi) is 12.5. The molecule has 0 aromatic heterocycles. The van der Waals surface area contributed by atoms with Crippen molar-refractivity contribution in [2.24, 2.45) is 0 Å². The molecule has 16 nitrogen and oxygen atoms in total. The second kappa shape index (κ2) is 18.0. The summed E-state index contributed by atoms with van der Waals surface area (Å²) in [5.74, 6) is 1.50. The maximum absolute atomic E-state index is 13.7. The lowest BCUT2D eigenvalue weighted by Gasteiger charge is -2.50. The normalized spacial score (nSPS) is 26.7. The van der Waals surface area contributed by atoms with Crippen LogP contribution in [0.1, 0.15) is 132 Å². The molecule has 350 valence electrons. The van der Waals surface area contributed by atoms with Crippen LogP contribution in [0.5, 0.6) is 17.2 Å². The standard InChI is InChI=1S/C50H55N6O10P/c1-48(2)45(42(54-19-7-10-39(54)57)33-24-30(27-51)13-16-36(33)62-48)60-22-23-61-67(65-46-43(55-20-8-11-40(55)58)34-25-31(28-52)14-17-37(34)63-49(46,3)4)66-47-44(56-21-9-12-41(56)59)35-26-32(29-53)15-18-38(35)64-50(47,5)6/h13-18,24-26,42-47H,7-12,19-23H2,1-6H3/t42-,43-,44-,45+,46+,47+/m1/s1. The molecule has 0 radical (unpaired) electrons. The van der Waals surface area contributed by atoms with E-state index in [4.69, 9.17) is 32.5 Å². The average Bonchev–Trinajstić information content (AvgIpc) is 4.05. The van der Waals surface area contributed by atoms with E-state index in [1.807, 2.05) is 46.4 Å². The fourth-order valence-corrected chi connectivity index (χ4v) is 12.1. The van der Waals surface area contributed by atoms with Crippen molar-refractivity contribution < 1.29 is 46.9 Å². The summed E-state index contributed by atoms with van der Waals surface area (Å²) in [7, 11) is -2.44. The second-order valence-corrected chi connectivity index (χ2v) is 20.6. The molecule has 6 aliphatic rings. The molecule has 3 aromatic carbocycles. The van der Waals surface area contributed by atoms with E-state index in [0.717, 1.165) is 0 Å². The SMILES string of the molecule is CC1(C)Oc2ccc(C#N)cc2[C@@H](N2CCCC2=O)[C@@H]1OCCOP(O[C@H]1[C@H](N2CCCC2=O)c2cc(C#N)ccc2OC1(C)C)O[C@H]1[C@H](N2CCCC2=O)c2cc(C#N)ccc2OC1(C)C. The van der Waals surface area contributed by atoms with Gasteiger partial charge in [-0.3, -0.25) is 14.4 Å². The van der Waals surface area contributed by atoms with Crippen molar-refractivity contribution in [1.82, 2.24) is 14.7 Å². The van der Waals surface area contributed by atoms with Crippen molar-refractivity contribution in [2.75, 3.05) is 32.8 Å². The number of hydrogen-bond acceptors (Lipinski definition) is 13. The average molecular weight is 931 g/mol. The van der Waals surface area contributed by atoms with E-state index in [0.29, 0.717) is 109 Å². The van der Waals surface area contributed by atoms with Crippen molar-refractivity contribution in [1.29, 1.82) is 15.8 Å². The van der Waals surface area contributed by atoms with Gasteiger partial charge in [-0.05, 0) is 115 Å². The summed E-state index contributed by atoms with van der Waals surface area (Å²) in [6, 6.07) is 20.3. The van der Waals surface area contributed by atoms with Crippen molar-refractivity contribution in [3.63, 3.8) is 0 Å². The van der Waals surface area contributed by atoms with Crippen LogP contribution in [0, 0.1) is 34.0 Å². The van der Waals surface area contributed by atoms with E-state index >= 15 is 0 Å². The van der Waals surface area contributed by atoms with Crippen LogP contribution in [-0.4, -0.2) is 100 Å². The molecule has 6 atom stereocenters. The van der Waals surface area contributed by atoms with Crippen LogP contribution in [0.25, 0.3) is 0 Å². The molecular formula is C50H55N6O10P. The van der Waals surface area contributed by atoms with Gasteiger partial charge in [-0.25, -0.2) is 0 Å². The number of rotatable bonds is 12. The molecule has 6 aliphatic heterocycles. The van der Waals surface area contributed by atoms with Crippen LogP contribution in [0.15, 0.2) is 54.6 Å². The van der Waals surface area contributed by atoms with Gasteiger partial charge in [0.05, 0.1) is 66.2 Å². The van der Waals surface area contributed by atoms with Crippen molar-refractivity contribution >= 4 is 26.3 Å². The predicted molar refractivity (Wildman–Crippen MR) is 241 cm³/mol. The van der Waals surface area contributed by atoms with Gasteiger partial charge in [-0.15, -0.1) is 0 Å². The minimum absolute atomic E-state index is 0.00522. The van der Waals surface area contributed by atoms with Crippen LogP contribution in [-0.2, 0) is 32.7 Å². The number of carbonyl (C=O) groups excluding carboxylic acids is 3. The Hall–Kier alpha value is -5.79. The summed E-state index contributed by atoms with van der Waals surface area (Å²) in [5.41, 5.74) is 0.0906. The molecule has 0 unspecified atom stereocenters. The molecule has 3 saturated heterocycles. The van der Waals surface area contributed by atoms with Gasteiger partial charge >= 0.3 is 8.60 Å². The van der Waals surface area contributed by atoms with Gasteiger partial charge in [0.1, 0.15) is 52.4 Å². The number of carbonyl (C=O) groups is 3. The van der Waals surface area contributed by atoms with Crippen molar-refractivity contribution in [3.8, 4) is 35.5 Å². The summed E-state index contributed by atoms with van der Waals surface area (Å²) in [6.45, 7) is 12.7. The molecule has 3 aromatic rings. The van der Waals surface area contributed by atoms with Crippen LogP contribution >= 0.6 is 8.60 Å². The molecule has 9 rings (SSSR count). The van der Waals surface area contributed by atoms with Crippen LogP contribution in [0.2, 0.25) is 0 Å². The monoisotopic (exact) mass is 930 g/mol. The summed E-state index contributed by atoms with van der Waals surface area (Å²) in [6.07, 6.45) is 0.613. The maximum Gasteiger partial charge on any atom is 0.333 e. The number of amides is 3. The number of benzene rings is 3. The highest BCUT2D eigenvalue weighted by Gasteiger charge is 2.55. The van der Waals surface area contributed by atoms with E-state index in [1.165, 1.54) is 0 Å². The number of nitrogens with zero attached hydrogens (tertiary/aromatic N) is 6. The maximum atomic E-state index is 13.7. The third kappa shape index (κ3) is 8.69. The zero-order valence-corrected chi connectivity index (χ0v) is 39.5. The van der Waals surface area contributed by atoms with E-state index in [2.05, 4.69) is 18.2 Å². The fourth-order valence-electron chi connectivity index (χ4n) is 10.6. The molecule has 0 bridgehead atoms. The molecule has 17 heteroatoms. The minimum Gasteiger partial charge on any atom is -0.485 e. The molecule has 0 aliphatic carbocycles. The third-order valence-electron chi connectivity index (χ3n) is 13.7. The molecule has 67 heavy (non-hydrogen) atoms. The molecule has 6 heterocycles. The Bertz CT molecular complexity index is 2480. The second-order valence-electron chi connectivity index (χ2n) is 19.5. The first-order chi connectivity index (χ1) is 32.0. The summed E-state index contributed by atoms with van der Waals surface area (Å²) < 4.78 is 47.6. The molecule has 3 amide bonds. The third-order valence-corrected chi connectivity index (χ3v) is 14.9. The lowest BCUT2D eigenvalue weighted by Crippen LogP contribution is -2.56. The molecule has 0 saturated carbocycles.